The van der Waals surface area contributed by atoms with E-state index in [4.69, 9.17) is 9.72 Å². The van der Waals surface area contributed by atoms with Crippen molar-refractivity contribution < 1.29 is 4.74 Å². The minimum atomic E-state index is -0.246. The largest absolute Gasteiger partial charge is 0.381 e. The smallest absolute Gasteiger partial charge is 0.251 e. The van der Waals surface area contributed by atoms with Gasteiger partial charge in [-0.3, -0.25) is 4.79 Å². The second kappa shape index (κ2) is 5.82. The lowest BCUT2D eigenvalue weighted by molar-refractivity contribution is 0.0603. The summed E-state index contributed by atoms with van der Waals surface area (Å²) in [4.78, 5) is 19.6. The maximum absolute atomic E-state index is 12.0. The SMILES string of the molecule is CCc1cc(=O)[nH]c(C2(c3ccccc3)CCOCC2)n1. The van der Waals surface area contributed by atoms with Crippen LogP contribution in [0.15, 0.2) is 41.2 Å². The molecule has 1 aromatic carbocycles. The minimum Gasteiger partial charge on any atom is -0.381 e. The number of benzene rings is 1. The number of aryl methyl sites for hydroxylation is 1. The van der Waals surface area contributed by atoms with E-state index in [1.54, 1.807) is 6.07 Å². The highest BCUT2D eigenvalue weighted by molar-refractivity contribution is 5.33. The van der Waals surface area contributed by atoms with Crippen LogP contribution in [0.4, 0.5) is 0 Å². The Morgan fingerprint density at radius 1 is 1.24 bits per heavy atom. The fourth-order valence-electron chi connectivity index (χ4n) is 3.05. The van der Waals surface area contributed by atoms with Gasteiger partial charge in [0, 0.05) is 25.0 Å². The molecule has 3 rings (SSSR count). The summed E-state index contributed by atoms with van der Waals surface area (Å²) in [5, 5.41) is 0. The zero-order chi connectivity index (χ0) is 14.7. The quantitative estimate of drug-likeness (QED) is 0.941. The molecule has 0 spiro atoms. The van der Waals surface area contributed by atoms with Gasteiger partial charge in [-0.2, -0.15) is 0 Å². The molecule has 110 valence electrons. The van der Waals surface area contributed by atoms with Crippen LogP contribution >= 0.6 is 0 Å². The number of H-pyrrole nitrogens is 1. The topological polar surface area (TPSA) is 55.0 Å². The van der Waals surface area contributed by atoms with Gasteiger partial charge in [-0.1, -0.05) is 37.3 Å². The summed E-state index contributed by atoms with van der Waals surface area (Å²) < 4.78 is 5.53. The van der Waals surface area contributed by atoms with Crippen LogP contribution < -0.4 is 5.56 Å². The van der Waals surface area contributed by atoms with Crippen LogP contribution in [0.1, 0.15) is 36.8 Å². The fourth-order valence-corrected chi connectivity index (χ4v) is 3.05. The molecule has 1 aliphatic rings. The summed E-state index contributed by atoms with van der Waals surface area (Å²) in [7, 11) is 0. The lowest BCUT2D eigenvalue weighted by atomic mass is 9.73. The number of hydrogen-bond donors (Lipinski definition) is 1. The Morgan fingerprint density at radius 2 is 1.95 bits per heavy atom. The van der Waals surface area contributed by atoms with Crippen molar-refractivity contribution in [3.63, 3.8) is 0 Å². The lowest BCUT2D eigenvalue weighted by Crippen LogP contribution is -2.38. The van der Waals surface area contributed by atoms with Gasteiger partial charge in [0.25, 0.3) is 5.56 Å². The molecule has 1 N–H and O–H groups in total. The number of nitrogens with one attached hydrogen (secondary N) is 1. The van der Waals surface area contributed by atoms with Crippen molar-refractivity contribution in [3.8, 4) is 0 Å². The van der Waals surface area contributed by atoms with E-state index >= 15 is 0 Å². The first-order chi connectivity index (χ1) is 10.2. The maximum atomic E-state index is 12.0. The van der Waals surface area contributed by atoms with Crippen molar-refractivity contribution in [3.05, 3.63) is 63.8 Å². The van der Waals surface area contributed by atoms with E-state index in [1.165, 1.54) is 5.56 Å². The second-order valence-electron chi connectivity index (χ2n) is 5.50. The number of aromatic amines is 1. The van der Waals surface area contributed by atoms with Crippen LogP contribution in [0.2, 0.25) is 0 Å². The second-order valence-corrected chi connectivity index (χ2v) is 5.50. The van der Waals surface area contributed by atoms with Gasteiger partial charge in [-0.25, -0.2) is 4.98 Å². The Labute approximate surface area is 124 Å². The highest BCUT2D eigenvalue weighted by atomic mass is 16.5. The molecule has 0 aliphatic carbocycles. The third-order valence-corrected chi connectivity index (χ3v) is 4.28. The van der Waals surface area contributed by atoms with Crippen molar-refractivity contribution in [2.24, 2.45) is 0 Å². The molecular formula is C17H20N2O2. The zero-order valence-electron chi connectivity index (χ0n) is 12.3. The molecule has 1 saturated heterocycles. The van der Waals surface area contributed by atoms with E-state index in [2.05, 4.69) is 17.1 Å². The zero-order valence-corrected chi connectivity index (χ0v) is 12.3. The lowest BCUT2D eigenvalue weighted by Gasteiger charge is -2.36. The monoisotopic (exact) mass is 284 g/mol. The van der Waals surface area contributed by atoms with E-state index in [0.29, 0.717) is 13.2 Å². The van der Waals surface area contributed by atoms with Gasteiger partial charge in [0.05, 0.1) is 5.41 Å². The first kappa shape index (κ1) is 14.0. The van der Waals surface area contributed by atoms with Gasteiger partial charge in [0.1, 0.15) is 5.82 Å². The molecule has 0 atom stereocenters. The average Bonchev–Trinajstić information content (AvgIpc) is 2.55. The summed E-state index contributed by atoms with van der Waals surface area (Å²) in [5.41, 5.74) is 1.73. The summed E-state index contributed by atoms with van der Waals surface area (Å²) in [6.07, 6.45) is 2.44. The van der Waals surface area contributed by atoms with Crippen molar-refractivity contribution in [1.29, 1.82) is 0 Å². The Balaban J connectivity index is 2.16. The van der Waals surface area contributed by atoms with E-state index in [1.807, 2.05) is 25.1 Å². The van der Waals surface area contributed by atoms with Gasteiger partial charge in [-0.05, 0) is 24.8 Å². The third kappa shape index (κ3) is 2.63. The Morgan fingerprint density at radius 3 is 2.62 bits per heavy atom. The molecule has 21 heavy (non-hydrogen) atoms. The van der Waals surface area contributed by atoms with E-state index in [0.717, 1.165) is 30.8 Å². The molecule has 0 saturated carbocycles. The molecule has 2 aromatic rings. The molecule has 4 heteroatoms. The molecule has 1 aliphatic heterocycles. The summed E-state index contributed by atoms with van der Waals surface area (Å²) >= 11 is 0. The van der Waals surface area contributed by atoms with Gasteiger partial charge in [0.15, 0.2) is 0 Å². The molecule has 2 heterocycles. The Bertz CT molecular complexity index is 658. The molecular weight excluding hydrogens is 264 g/mol. The Hall–Kier alpha value is -1.94. The van der Waals surface area contributed by atoms with Crippen LogP contribution in [-0.2, 0) is 16.6 Å². The summed E-state index contributed by atoms with van der Waals surface area (Å²) in [6.45, 7) is 3.40. The highest BCUT2D eigenvalue weighted by Gasteiger charge is 2.38. The summed E-state index contributed by atoms with van der Waals surface area (Å²) in [5.74, 6) is 0.779. The average molecular weight is 284 g/mol. The molecule has 0 radical (unpaired) electrons. The number of nitrogens with zero attached hydrogens (tertiary/aromatic N) is 1. The normalized spacial score (nSPS) is 17.6. The molecule has 0 bridgehead atoms. The number of aromatic nitrogens is 2. The number of rotatable bonds is 3. The summed E-state index contributed by atoms with van der Waals surface area (Å²) in [6, 6.07) is 11.9. The Kier molecular flexibility index (Phi) is 3.88. The molecule has 0 amide bonds. The van der Waals surface area contributed by atoms with Crippen LogP contribution in [0.25, 0.3) is 0 Å². The van der Waals surface area contributed by atoms with E-state index < -0.39 is 0 Å². The van der Waals surface area contributed by atoms with Gasteiger partial charge in [0.2, 0.25) is 0 Å². The standard InChI is InChI=1S/C17H20N2O2/c1-2-14-12-15(20)19-16(18-14)17(8-10-21-11-9-17)13-6-4-3-5-7-13/h3-7,12H,2,8-11H2,1H3,(H,18,19,20). The van der Waals surface area contributed by atoms with Crippen LogP contribution in [0.5, 0.6) is 0 Å². The molecule has 4 nitrogen and oxygen atoms in total. The predicted molar refractivity (Wildman–Crippen MR) is 81.5 cm³/mol. The molecule has 1 fully saturated rings. The van der Waals surface area contributed by atoms with Crippen molar-refractivity contribution in [2.75, 3.05) is 13.2 Å². The first-order valence-electron chi connectivity index (χ1n) is 7.48. The van der Waals surface area contributed by atoms with Gasteiger partial charge in [-0.15, -0.1) is 0 Å². The van der Waals surface area contributed by atoms with Crippen molar-refractivity contribution in [1.82, 2.24) is 9.97 Å². The third-order valence-electron chi connectivity index (χ3n) is 4.28. The highest BCUT2D eigenvalue weighted by Crippen LogP contribution is 2.39. The van der Waals surface area contributed by atoms with Crippen LogP contribution in [0, 0.1) is 0 Å². The number of hydrogen-bond acceptors (Lipinski definition) is 3. The van der Waals surface area contributed by atoms with Gasteiger partial charge >= 0.3 is 0 Å². The van der Waals surface area contributed by atoms with E-state index in [-0.39, 0.29) is 11.0 Å². The van der Waals surface area contributed by atoms with Crippen molar-refractivity contribution in [2.45, 2.75) is 31.6 Å². The van der Waals surface area contributed by atoms with Gasteiger partial charge < -0.3 is 9.72 Å². The first-order valence-corrected chi connectivity index (χ1v) is 7.48. The number of ether oxygens (including phenoxy) is 1. The van der Waals surface area contributed by atoms with Crippen LogP contribution in [0.3, 0.4) is 0 Å². The fraction of sp³-hybridized carbons (Fsp3) is 0.412. The minimum absolute atomic E-state index is 0.0707. The maximum Gasteiger partial charge on any atom is 0.251 e. The molecule has 1 aromatic heterocycles. The predicted octanol–water partition coefficient (Wildman–Crippen LogP) is 2.43. The van der Waals surface area contributed by atoms with Crippen molar-refractivity contribution >= 4 is 0 Å². The van der Waals surface area contributed by atoms with Crippen LogP contribution in [-0.4, -0.2) is 23.2 Å². The van der Waals surface area contributed by atoms with E-state index in [9.17, 15) is 4.79 Å². The molecule has 0 unspecified atom stereocenters.